The van der Waals surface area contributed by atoms with Crippen LogP contribution in [0.1, 0.15) is 251 Å². The average Bonchev–Trinajstić information content (AvgIpc) is 2.98. The molecular formula is C41H82. The maximum absolute atomic E-state index is 2.47. The monoisotopic (exact) mass is 575 g/mol. The van der Waals surface area contributed by atoms with Gasteiger partial charge in [0.2, 0.25) is 0 Å². The number of unbranched alkanes of at least 4 members (excludes halogenated alkanes) is 35. The molecule has 0 aromatic rings. The van der Waals surface area contributed by atoms with Gasteiger partial charge in [0, 0.05) is 0 Å². The van der Waals surface area contributed by atoms with Gasteiger partial charge in [-0.25, -0.2) is 0 Å². The number of allylic oxidation sites excluding steroid dienone is 2. The van der Waals surface area contributed by atoms with Gasteiger partial charge in [-0.3, -0.25) is 0 Å². The molecular weight excluding hydrogens is 492 g/mol. The third-order valence-corrected chi connectivity index (χ3v) is 9.37. The van der Waals surface area contributed by atoms with Crippen LogP contribution in [0.3, 0.4) is 0 Å². The van der Waals surface area contributed by atoms with Crippen LogP contribution in [-0.2, 0) is 0 Å². The van der Waals surface area contributed by atoms with E-state index in [4.69, 9.17) is 0 Å². The molecule has 0 heteroatoms. The molecule has 0 spiro atoms. The fraction of sp³-hybridized carbons (Fsp3) is 0.951. The maximum Gasteiger partial charge on any atom is -0.0351 e. The van der Waals surface area contributed by atoms with Crippen LogP contribution in [0.4, 0.5) is 0 Å². The lowest BCUT2D eigenvalue weighted by Crippen LogP contribution is -1.84. The van der Waals surface area contributed by atoms with Gasteiger partial charge in [0.1, 0.15) is 0 Å². The summed E-state index contributed by atoms with van der Waals surface area (Å²) in [6, 6.07) is 0. The Morgan fingerprint density at radius 3 is 0.512 bits per heavy atom. The molecule has 0 atom stereocenters. The zero-order chi connectivity index (χ0) is 29.6. The van der Waals surface area contributed by atoms with Crippen molar-refractivity contribution in [2.24, 2.45) is 0 Å². The third-order valence-electron chi connectivity index (χ3n) is 9.37. The quantitative estimate of drug-likeness (QED) is 0.0511. The molecule has 0 aliphatic heterocycles. The van der Waals surface area contributed by atoms with Crippen LogP contribution in [0.2, 0.25) is 0 Å². The highest BCUT2D eigenvalue weighted by Crippen LogP contribution is 2.16. The second kappa shape index (κ2) is 39.7. The van der Waals surface area contributed by atoms with E-state index in [9.17, 15) is 0 Å². The van der Waals surface area contributed by atoms with Crippen molar-refractivity contribution < 1.29 is 0 Å². The summed E-state index contributed by atoms with van der Waals surface area (Å²) in [5.74, 6) is 0. The highest BCUT2D eigenvalue weighted by molar-refractivity contribution is 4.81. The minimum absolute atomic E-state index is 1.32. The van der Waals surface area contributed by atoms with E-state index in [-0.39, 0.29) is 0 Å². The summed E-state index contributed by atoms with van der Waals surface area (Å²) in [7, 11) is 0. The van der Waals surface area contributed by atoms with Crippen molar-refractivity contribution in [1.29, 1.82) is 0 Å². The van der Waals surface area contributed by atoms with Crippen LogP contribution in [0.15, 0.2) is 12.2 Å². The summed E-state index contributed by atoms with van der Waals surface area (Å²) in [5, 5.41) is 0. The van der Waals surface area contributed by atoms with Gasteiger partial charge in [-0.05, 0) is 25.7 Å². The Morgan fingerprint density at radius 2 is 0.341 bits per heavy atom. The minimum Gasteiger partial charge on any atom is -0.0885 e. The summed E-state index contributed by atoms with van der Waals surface area (Å²) >= 11 is 0. The molecule has 41 heavy (non-hydrogen) atoms. The number of rotatable bonds is 37. The Hall–Kier alpha value is -0.260. The topological polar surface area (TPSA) is 0 Å². The highest BCUT2D eigenvalue weighted by Gasteiger charge is 1.96. The van der Waals surface area contributed by atoms with Gasteiger partial charge < -0.3 is 0 Å². The summed E-state index contributed by atoms with van der Waals surface area (Å²) in [5.41, 5.74) is 0. The molecule has 0 aliphatic rings. The molecule has 0 heterocycles. The third kappa shape index (κ3) is 39.7. The fourth-order valence-electron chi connectivity index (χ4n) is 6.39. The van der Waals surface area contributed by atoms with Crippen molar-refractivity contribution in [1.82, 2.24) is 0 Å². The van der Waals surface area contributed by atoms with Gasteiger partial charge in [0.15, 0.2) is 0 Å². The second-order valence-corrected chi connectivity index (χ2v) is 13.7. The van der Waals surface area contributed by atoms with Crippen molar-refractivity contribution >= 4 is 0 Å². The first-order valence-corrected chi connectivity index (χ1v) is 20.1. The largest absolute Gasteiger partial charge is 0.0885 e. The second-order valence-electron chi connectivity index (χ2n) is 13.7. The van der Waals surface area contributed by atoms with E-state index in [1.807, 2.05) is 0 Å². The predicted molar refractivity (Wildman–Crippen MR) is 191 cm³/mol. The lowest BCUT2D eigenvalue weighted by molar-refractivity contribution is 0.518. The first-order chi connectivity index (χ1) is 20.4. The van der Waals surface area contributed by atoms with Crippen LogP contribution >= 0.6 is 0 Å². The minimum atomic E-state index is 1.32. The Balaban J connectivity index is 3.07. The zero-order valence-corrected chi connectivity index (χ0v) is 29.3. The van der Waals surface area contributed by atoms with Gasteiger partial charge in [0.25, 0.3) is 0 Å². The maximum atomic E-state index is 2.47. The van der Waals surface area contributed by atoms with Crippen molar-refractivity contribution in [3.8, 4) is 0 Å². The molecule has 0 radical (unpaired) electrons. The van der Waals surface area contributed by atoms with E-state index in [0.717, 1.165) is 0 Å². The van der Waals surface area contributed by atoms with E-state index < -0.39 is 0 Å². The van der Waals surface area contributed by atoms with E-state index in [1.54, 1.807) is 0 Å². The van der Waals surface area contributed by atoms with Crippen molar-refractivity contribution in [2.45, 2.75) is 251 Å². The SMILES string of the molecule is CCCCCCCCCCCCCC/C=C\CCCCCCCCCCCCCCCCCCCCCCCCC. The van der Waals surface area contributed by atoms with Gasteiger partial charge in [-0.1, -0.05) is 238 Å². The molecule has 0 aromatic heterocycles. The molecule has 0 N–H and O–H groups in total. The van der Waals surface area contributed by atoms with Crippen LogP contribution in [0.25, 0.3) is 0 Å². The summed E-state index contributed by atoms with van der Waals surface area (Å²) in [6.07, 6.45) is 58.9. The van der Waals surface area contributed by atoms with E-state index in [0.29, 0.717) is 0 Å². The average molecular weight is 575 g/mol. The lowest BCUT2D eigenvalue weighted by atomic mass is 10.0. The molecule has 0 unspecified atom stereocenters. The standard InChI is InChI=1S/C41H82/c1-3-5-7-9-11-13-15-17-19-21-23-25-27-29-31-33-35-37-39-41-40-38-36-34-32-30-28-26-24-22-20-18-16-14-12-10-8-6-4-2/h29,31H,3-28,30,32-41H2,1-2H3/b31-29-. The van der Waals surface area contributed by atoms with Gasteiger partial charge >= 0.3 is 0 Å². The molecule has 246 valence electrons. The molecule has 0 saturated heterocycles. The van der Waals surface area contributed by atoms with Crippen LogP contribution < -0.4 is 0 Å². The zero-order valence-electron chi connectivity index (χ0n) is 29.3. The molecule has 0 aliphatic carbocycles. The molecule has 0 rings (SSSR count). The van der Waals surface area contributed by atoms with Crippen LogP contribution in [0, 0.1) is 0 Å². The molecule has 0 bridgehead atoms. The van der Waals surface area contributed by atoms with Crippen LogP contribution in [0.5, 0.6) is 0 Å². The number of hydrogen-bond acceptors (Lipinski definition) is 0. The van der Waals surface area contributed by atoms with Gasteiger partial charge in [-0.2, -0.15) is 0 Å². The van der Waals surface area contributed by atoms with E-state index >= 15 is 0 Å². The molecule has 0 amide bonds. The summed E-state index contributed by atoms with van der Waals surface area (Å²) in [4.78, 5) is 0. The Labute approximate surface area is 263 Å². The Kier molecular flexibility index (Phi) is 39.5. The highest BCUT2D eigenvalue weighted by atomic mass is 14.0. The first kappa shape index (κ1) is 40.7. The normalized spacial score (nSPS) is 11.8. The Bertz CT molecular complexity index is 449. The van der Waals surface area contributed by atoms with Gasteiger partial charge in [0.05, 0.1) is 0 Å². The first-order valence-electron chi connectivity index (χ1n) is 20.1. The van der Waals surface area contributed by atoms with Crippen molar-refractivity contribution in [3.05, 3.63) is 12.2 Å². The Morgan fingerprint density at radius 1 is 0.195 bits per heavy atom. The predicted octanol–water partition coefficient (Wildman–Crippen LogP) is 16.0. The molecule has 0 fully saturated rings. The van der Waals surface area contributed by atoms with Gasteiger partial charge in [-0.15, -0.1) is 0 Å². The molecule has 0 aromatic carbocycles. The number of hydrogen-bond donors (Lipinski definition) is 0. The van der Waals surface area contributed by atoms with E-state index in [1.165, 1.54) is 238 Å². The lowest BCUT2D eigenvalue weighted by Gasteiger charge is -2.04. The fourth-order valence-corrected chi connectivity index (χ4v) is 6.39. The summed E-state index contributed by atoms with van der Waals surface area (Å²) < 4.78 is 0. The molecule has 0 nitrogen and oxygen atoms in total. The van der Waals surface area contributed by atoms with Crippen LogP contribution in [-0.4, -0.2) is 0 Å². The molecule has 0 saturated carbocycles. The summed E-state index contributed by atoms with van der Waals surface area (Å²) in [6.45, 7) is 4.61. The smallest absolute Gasteiger partial charge is 0.0351 e. The van der Waals surface area contributed by atoms with E-state index in [2.05, 4.69) is 26.0 Å². The van der Waals surface area contributed by atoms with Crippen molar-refractivity contribution in [3.63, 3.8) is 0 Å². The van der Waals surface area contributed by atoms with Crippen molar-refractivity contribution in [2.75, 3.05) is 0 Å².